The maximum Gasteiger partial charge on any atom is 0.261 e. The second kappa shape index (κ2) is 7.98. The third-order valence-electron chi connectivity index (χ3n) is 5.40. The summed E-state index contributed by atoms with van der Waals surface area (Å²) in [5, 5.41) is 3.34. The molecule has 1 N–H and O–H groups in total. The summed E-state index contributed by atoms with van der Waals surface area (Å²) < 4.78 is 7.16. The van der Waals surface area contributed by atoms with Gasteiger partial charge in [-0.25, -0.2) is 4.98 Å². The van der Waals surface area contributed by atoms with E-state index in [-0.39, 0.29) is 17.4 Å². The number of nitrogens with one attached hydrogen (secondary N) is 1. The molecule has 1 saturated heterocycles. The molecular formula is C21H24N4O3. The van der Waals surface area contributed by atoms with Crippen LogP contribution in [0.2, 0.25) is 0 Å². The smallest absolute Gasteiger partial charge is 0.261 e. The first-order valence-corrected chi connectivity index (χ1v) is 9.60. The molecule has 7 nitrogen and oxygen atoms in total. The standard InChI is InChI=1S/C21H24N4O3/c1-22-20(26)15-8-10-24(11-9-15)14-19-23-18-7-3-2-6-17(18)21(27)25(19)13-16-5-4-12-28-16/h2-7,12,15H,8-11,13-14H2,1H3,(H,22,26). The highest BCUT2D eigenvalue weighted by Crippen LogP contribution is 2.19. The van der Waals surface area contributed by atoms with Gasteiger partial charge in [-0.2, -0.15) is 0 Å². The number of carbonyl (C=O) groups is 1. The molecule has 0 unspecified atom stereocenters. The van der Waals surface area contributed by atoms with E-state index < -0.39 is 0 Å². The van der Waals surface area contributed by atoms with Crippen molar-refractivity contribution in [2.45, 2.75) is 25.9 Å². The molecule has 3 heterocycles. The number of hydrogen-bond acceptors (Lipinski definition) is 5. The molecule has 1 aliphatic heterocycles. The number of piperidine rings is 1. The van der Waals surface area contributed by atoms with Gasteiger partial charge in [-0.1, -0.05) is 12.1 Å². The summed E-state index contributed by atoms with van der Waals surface area (Å²) in [6, 6.07) is 11.1. The van der Waals surface area contributed by atoms with Gasteiger partial charge in [0.25, 0.3) is 5.56 Å². The fraction of sp³-hybridized carbons (Fsp3) is 0.381. The number of furan rings is 1. The number of aromatic nitrogens is 2. The minimum absolute atomic E-state index is 0.0581. The van der Waals surface area contributed by atoms with E-state index in [4.69, 9.17) is 9.40 Å². The van der Waals surface area contributed by atoms with Crippen LogP contribution in [0, 0.1) is 5.92 Å². The summed E-state index contributed by atoms with van der Waals surface area (Å²) in [6.07, 6.45) is 3.24. The molecule has 1 fully saturated rings. The first kappa shape index (κ1) is 18.4. The number of rotatable bonds is 5. The van der Waals surface area contributed by atoms with Crippen molar-refractivity contribution < 1.29 is 9.21 Å². The van der Waals surface area contributed by atoms with Gasteiger partial charge in [-0.3, -0.25) is 19.1 Å². The van der Waals surface area contributed by atoms with Gasteiger partial charge in [0, 0.05) is 13.0 Å². The lowest BCUT2D eigenvalue weighted by atomic mass is 9.96. The molecule has 1 amide bonds. The van der Waals surface area contributed by atoms with E-state index >= 15 is 0 Å². The van der Waals surface area contributed by atoms with Crippen molar-refractivity contribution in [1.29, 1.82) is 0 Å². The Kier molecular flexibility index (Phi) is 5.25. The first-order valence-electron chi connectivity index (χ1n) is 9.60. The van der Waals surface area contributed by atoms with Gasteiger partial charge in [0.05, 0.1) is 30.3 Å². The van der Waals surface area contributed by atoms with Crippen LogP contribution in [0.4, 0.5) is 0 Å². The molecule has 146 valence electrons. The third kappa shape index (κ3) is 3.71. The number of hydrogen-bond donors (Lipinski definition) is 1. The highest BCUT2D eigenvalue weighted by atomic mass is 16.3. The first-order chi connectivity index (χ1) is 13.7. The molecule has 0 bridgehead atoms. The molecule has 1 aromatic carbocycles. The van der Waals surface area contributed by atoms with E-state index in [1.807, 2.05) is 36.4 Å². The van der Waals surface area contributed by atoms with Crippen LogP contribution in [0.5, 0.6) is 0 Å². The Labute approximate surface area is 163 Å². The van der Waals surface area contributed by atoms with E-state index in [1.165, 1.54) is 0 Å². The third-order valence-corrected chi connectivity index (χ3v) is 5.40. The Bertz CT molecular complexity index is 1020. The monoisotopic (exact) mass is 380 g/mol. The molecule has 1 aliphatic rings. The molecule has 3 aromatic rings. The molecular weight excluding hydrogens is 356 g/mol. The zero-order chi connectivity index (χ0) is 19.5. The van der Waals surface area contributed by atoms with Crippen LogP contribution in [0.3, 0.4) is 0 Å². The number of carbonyl (C=O) groups excluding carboxylic acids is 1. The second-order valence-corrected chi connectivity index (χ2v) is 7.18. The zero-order valence-corrected chi connectivity index (χ0v) is 15.9. The van der Waals surface area contributed by atoms with Gasteiger partial charge >= 0.3 is 0 Å². The minimum Gasteiger partial charge on any atom is -0.467 e. The normalized spacial score (nSPS) is 15.8. The molecule has 0 aliphatic carbocycles. The number of nitrogens with zero attached hydrogens (tertiary/aromatic N) is 3. The van der Waals surface area contributed by atoms with E-state index in [2.05, 4.69) is 10.2 Å². The Hall–Kier alpha value is -2.93. The van der Waals surface area contributed by atoms with Crippen molar-refractivity contribution in [3.8, 4) is 0 Å². The number of amides is 1. The highest BCUT2D eigenvalue weighted by molar-refractivity contribution is 5.78. The van der Waals surface area contributed by atoms with Crippen molar-refractivity contribution in [2.75, 3.05) is 20.1 Å². The van der Waals surface area contributed by atoms with E-state index in [1.54, 1.807) is 17.9 Å². The van der Waals surface area contributed by atoms with E-state index in [0.717, 1.165) is 37.5 Å². The van der Waals surface area contributed by atoms with Gasteiger partial charge < -0.3 is 9.73 Å². The maximum absolute atomic E-state index is 13.1. The summed E-state index contributed by atoms with van der Waals surface area (Å²) in [5.41, 5.74) is 0.649. The van der Waals surface area contributed by atoms with Crippen molar-refractivity contribution in [3.63, 3.8) is 0 Å². The second-order valence-electron chi connectivity index (χ2n) is 7.18. The topological polar surface area (TPSA) is 80.4 Å². The van der Waals surface area contributed by atoms with Gasteiger partial charge in [0.1, 0.15) is 11.6 Å². The number of fused-ring (bicyclic) bond motifs is 1. The van der Waals surface area contributed by atoms with Crippen LogP contribution in [0.15, 0.2) is 51.9 Å². The summed E-state index contributed by atoms with van der Waals surface area (Å²) in [4.78, 5) is 32.0. The van der Waals surface area contributed by atoms with Gasteiger partial charge in [-0.15, -0.1) is 0 Å². The molecule has 0 atom stereocenters. The molecule has 28 heavy (non-hydrogen) atoms. The lowest BCUT2D eigenvalue weighted by molar-refractivity contribution is -0.125. The molecule has 7 heteroatoms. The highest BCUT2D eigenvalue weighted by Gasteiger charge is 2.25. The minimum atomic E-state index is -0.0581. The summed E-state index contributed by atoms with van der Waals surface area (Å²) in [6.45, 7) is 2.54. The molecule has 4 rings (SSSR count). The largest absolute Gasteiger partial charge is 0.467 e. The van der Waals surface area contributed by atoms with Crippen molar-refractivity contribution >= 4 is 16.8 Å². The van der Waals surface area contributed by atoms with Crippen molar-refractivity contribution in [3.05, 3.63) is 64.6 Å². The number of benzene rings is 1. The molecule has 0 radical (unpaired) electrons. The molecule has 2 aromatic heterocycles. The van der Waals surface area contributed by atoms with Gasteiger partial charge in [0.2, 0.25) is 5.91 Å². The maximum atomic E-state index is 13.1. The van der Waals surface area contributed by atoms with Gasteiger partial charge in [0.15, 0.2) is 0 Å². The Morgan fingerprint density at radius 2 is 1.96 bits per heavy atom. The quantitative estimate of drug-likeness (QED) is 0.732. The van der Waals surface area contributed by atoms with E-state index in [9.17, 15) is 9.59 Å². The lowest BCUT2D eigenvalue weighted by Gasteiger charge is -2.31. The van der Waals surface area contributed by atoms with E-state index in [0.29, 0.717) is 24.0 Å². The lowest BCUT2D eigenvalue weighted by Crippen LogP contribution is -2.40. The van der Waals surface area contributed by atoms with Crippen LogP contribution >= 0.6 is 0 Å². The molecule has 0 spiro atoms. The van der Waals surface area contributed by atoms with Crippen molar-refractivity contribution in [2.24, 2.45) is 5.92 Å². The van der Waals surface area contributed by atoms with Crippen LogP contribution in [0.25, 0.3) is 10.9 Å². The number of likely N-dealkylation sites (tertiary alicyclic amines) is 1. The predicted molar refractivity (Wildman–Crippen MR) is 106 cm³/mol. The SMILES string of the molecule is CNC(=O)C1CCN(Cc2nc3ccccc3c(=O)n2Cc2ccco2)CC1. The van der Waals surface area contributed by atoms with Gasteiger partial charge in [-0.05, 0) is 50.2 Å². The van der Waals surface area contributed by atoms with Crippen molar-refractivity contribution in [1.82, 2.24) is 19.8 Å². The van der Waals surface area contributed by atoms with Crippen LogP contribution in [-0.2, 0) is 17.9 Å². The molecule has 0 saturated carbocycles. The van der Waals surface area contributed by atoms with Crippen LogP contribution < -0.4 is 10.9 Å². The number of para-hydroxylation sites is 1. The summed E-state index contributed by atoms with van der Waals surface area (Å²) in [7, 11) is 1.68. The van der Waals surface area contributed by atoms with Crippen LogP contribution in [-0.4, -0.2) is 40.5 Å². The predicted octanol–water partition coefficient (Wildman–Crippen LogP) is 2.00. The fourth-order valence-electron chi connectivity index (χ4n) is 3.81. The Morgan fingerprint density at radius 3 is 2.68 bits per heavy atom. The fourth-order valence-corrected chi connectivity index (χ4v) is 3.81. The summed E-state index contributed by atoms with van der Waals surface area (Å²) >= 11 is 0. The Morgan fingerprint density at radius 1 is 1.18 bits per heavy atom. The Balaban J connectivity index is 1.62. The summed E-state index contributed by atoms with van der Waals surface area (Å²) in [5.74, 6) is 1.62. The van der Waals surface area contributed by atoms with Crippen LogP contribution in [0.1, 0.15) is 24.4 Å². The average molecular weight is 380 g/mol. The average Bonchev–Trinajstić information content (AvgIpc) is 3.24. The zero-order valence-electron chi connectivity index (χ0n) is 15.9.